The molecule has 0 spiro atoms. The summed E-state index contributed by atoms with van der Waals surface area (Å²) < 4.78 is 5.44. The molecule has 1 aliphatic carbocycles. The molecule has 1 rings (SSSR count). The number of hydrogen-bond acceptors (Lipinski definition) is 4. The fraction of sp³-hybridized carbons (Fsp3) is 0.588. The summed E-state index contributed by atoms with van der Waals surface area (Å²) in [6.45, 7) is 10.4. The van der Waals surface area contributed by atoms with Gasteiger partial charge in [-0.1, -0.05) is 17.7 Å². The Morgan fingerprint density at radius 2 is 1.86 bits per heavy atom. The van der Waals surface area contributed by atoms with E-state index in [4.69, 9.17) is 4.74 Å². The molecule has 0 aliphatic heterocycles. The first-order chi connectivity index (χ1) is 9.49. The molecule has 21 heavy (non-hydrogen) atoms. The largest absolute Gasteiger partial charge is 0.459 e. The van der Waals surface area contributed by atoms with Crippen LogP contribution in [0.25, 0.3) is 0 Å². The molecule has 0 heterocycles. The van der Waals surface area contributed by atoms with Crippen LogP contribution in [0.1, 0.15) is 48.0 Å². The lowest BCUT2D eigenvalue weighted by molar-refractivity contribution is -0.169. The van der Waals surface area contributed by atoms with Gasteiger partial charge >= 0.3 is 5.97 Å². The Labute approximate surface area is 126 Å². The van der Waals surface area contributed by atoms with Gasteiger partial charge in [0.15, 0.2) is 17.0 Å². The first-order valence-corrected chi connectivity index (χ1v) is 7.10. The molecule has 0 aromatic rings. The van der Waals surface area contributed by atoms with Gasteiger partial charge in [-0.2, -0.15) is 0 Å². The molecule has 1 aliphatic rings. The van der Waals surface area contributed by atoms with E-state index in [0.29, 0.717) is 0 Å². The molecule has 0 aromatic carbocycles. The lowest BCUT2D eigenvalue weighted by Gasteiger charge is -2.37. The van der Waals surface area contributed by atoms with Gasteiger partial charge in [0.1, 0.15) is 5.60 Å². The maximum atomic E-state index is 12.6. The smallest absolute Gasteiger partial charge is 0.324 e. The highest BCUT2D eigenvalue weighted by Crippen LogP contribution is 2.40. The number of carbonyl (C=O) groups is 3. The van der Waals surface area contributed by atoms with E-state index in [1.165, 1.54) is 19.1 Å². The zero-order valence-corrected chi connectivity index (χ0v) is 13.6. The van der Waals surface area contributed by atoms with Crippen LogP contribution in [0.15, 0.2) is 23.8 Å². The van der Waals surface area contributed by atoms with Crippen molar-refractivity contribution in [3.05, 3.63) is 23.8 Å². The molecular weight excluding hydrogens is 268 g/mol. The zero-order valence-electron chi connectivity index (χ0n) is 13.6. The van der Waals surface area contributed by atoms with Crippen molar-refractivity contribution < 1.29 is 19.1 Å². The Bertz CT molecular complexity index is 515. The maximum absolute atomic E-state index is 12.6. The van der Waals surface area contributed by atoms with Crippen molar-refractivity contribution in [2.24, 2.45) is 11.3 Å². The summed E-state index contributed by atoms with van der Waals surface area (Å²) in [4.78, 5) is 36.6. The van der Waals surface area contributed by atoms with Crippen LogP contribution in [0, 0.1) is 11.3 Å². The number of ether oxygens (including phenoxy) is 1. The molecular formula is C17H24O4. The number of rotatable bonds is 3. The fourth-order valence-electron chi connectivity index (χ4n) is 2.49. The van der Waals surface area contributed by atoms with Crippen molar-refractivity contribution in [3.63, 3.8) is 0 Å². The third-order valence-electron chi connectivity index (χ3n) is 3.39. The minimum atomic E-state index is -1.40. The van der Waals surface area contributed by atoms with Crippen molar-refractivity contribution in [2.75, 3.05) is 0 Å². The van der Waals surface area contributed by atoms with E-state index >= 15 is 0 Å². The van der Waals surface area contributed by atoms with E-state index < -0.39 is 22.9 Å². The number of esters is 1. The van der Waals surface area contributed by atoms with E-state index in [-0.39, 0.29) is 18.0 Å². The van der Waals surface area contributed by atoms with Crippen LogP contribution in [0.2, 0.25) is 0 Å². The van der Waals surface area contributed by atoms with Gasteiger partial charge in [0.25, 0.3) is 0 Å². The zero-order chi connectivity index (χ0) is 16.4. The molecule has 0 aromatic heterocycles. The highest BCUT2D eigenvalue weighted by atomic mass is 16.6. The average molecular weight is 292 g/mol. The second kappa shape index (κ2) is 5.96. The molecule has 0 saturated heterocycles. The maximum Gasteiger partial charge on any atom is 0.324 e. The van der Waals surface area contributed by atoms with E-state index in [2.05, 4.69) is 0 Å². The van der Waals surface area contributed by atoms with Gasteiger partial charge in [-0.25, -0.2) is 0 Å². The topological polar surface area (TPSA) is 60.4 Å². The van der Waals surface area contributed by atoms with Crippen molar-refractivity contribution in [2.45, 2.75) is 53.6 Å². The number of carbonyl (C=O) groups excluding carboxylic acids is 3. The molecule has 0 fully saturated rings. The van der Waals surface area contributed by atoms with E-state index in [1.54, 1.807) is 20.8 Å². The second-order valence-corrected chi connectivity index (χ2v) is 6.78. The van der Waals surface area contributed by atoms with E-state index in [1.807, 2.05) is 19.9 Å². The van der Waals surface area contributed by atoms with Crippen LogP contribution in [-0.4, -0.2) is 23.1 Å². The lowest BCUT2D eigenvalue weighted by atomic mass is 9.66. The minimum absolute atomic E-state index is 0.0852. The second-order valence-electron chi connectivity index (χ2n) is 6.78. The van der Waals surface area contributed by atoms with Crippen molar-refractivity contribution in [1.82, 2.24) is 0 Å². The van der Waals surface area contributed by atoms with E-state index in [9.17, 15) is 14.4 Å². The Hall–Kier alpha value is -1.71. The highest BCUT2D eigenvalue weighted by molar-refractivity contribution is 6.08. The highest BCUT2D eigenvalue weighted by Gasteiger charge is 2.51. The third kappa shape index (κ3) is 3.90. The molecule has 0 saturated carbocycles. The number of Topliss-reactive ketones (excluding diaryl/α,β-unsaturated/α-hetero) is 1. The molecule has 4 heteroatoms. The number of ketones is 2. The normalized spacial score (nSPS) is 25.4. The van der Waals surface area contributed by atoms with E-state index in [0.717, 1.165) is 5.57 Å². The van der Waals surface area contributed by atoms with Gasteiger partial charge in [-0.3, -0.25) is 14.4 Å². The Kier molecular flexibility index (Phi) is 4.92. The van der Waals surface area contributed by atoms with Crippen LogP contribution in [0.4, 0.5) is 0 Å². The average Bonchev–Trinajstić information content (AvgIpc) is 2.25. The first kappa shape index (κ1) is 17.3. The van der Waals surface area contributed by atoms with Gasteiger partial charge in [0.05, 0.1) is 0 Å². The molecule has 116 valence electrons. The summed E-state index contributed by atoms with van der Waals surface area (Å²) in [7, 11) is 0. The van der Waals surface area contributed by atoms with Gasteiger partial charge in [-0.05, 0) is 47.6 Å². The van der Waals surface area contributed by atoms with Crippen LogP contribution in [-0.2, 0) is 19.1 Å². The lowest BCUT2D eigenvalue weighted by Crippen LogP contribution is -2.48. The number of hydrogen-bond donors (Lipinski definition) is 0. The molecule has 4 nitrogen and oxygen atoms in total. The molecule has 0 N–H and O–H groups in total. The summed E-state index contributed by atoms with van der Waals surface area (Å²) in [5, 5.41) is 0. The predicted molar refractivity (Wildman–Crippen MR) is 80.6 cm³/mol. The SMILES string of the molecule is CC(=O)[C@@]1(C(=O)OC(C)(C)C)C=CC(=O)C[C@@H]1C=C(C)C. The molecule has 0 bridgehead atoms. The number of allylic oxidation sites excluding steroid dienone is 3. The quantitative estimate of drug-likeness (QED) is 0.456. The van der Waals surface area contributed by atoms with Gasteiger partial charge in [0.2, 0.25) is 0 Å². The van der Waals surface area contributed by atoms with Crippen molar-refractivity contribution in [3.8, 4) is 0 Å². The predicted octanol–water partition coefficient (Wildman–Crippen LogP) is 3.01. The van der Waals surface area contributed by atoms with Gasteiger partial charge in [0, 0.05) is 12.3 Å². The Morgan fingerprint density at radius 3 is 2.29 bits per heavy atom. The Balaban J connectivity index is 3.37. The molecule has 0 unspecified atom stereocenters. The fourth-order valence-corrected chi connectivity index (χ4v) is 2.49. The van der Waals surface area contributed by atoms with Crippen LogP contribution < -0.4 is 0 Å². The van der Waals surface area contributed by atoms with Gasteiger partial charge < -0.3 is 4.74 Å². The summed E-state index contributed by atoms with van der Waals surface area (Å²) in [6.07, 6.45) is 4.69. The Morgan fingerprint density at radius 1 is 1.29 bits per heavy atom. The van der Waals surface area contributed by atoms with Crippen molar-refractivity contribution >= 4 is 17.5 Å². The third-order valence-corrected chi connectivity index (χ3v) is 3.39. The molecule has 0 amide bonds. The first-order valence-electron chi connectivity index (χ1n) is 7.10. The van der Waals surface area contributed by atoms with Crippen LogP contribution in [0.3, 0.4) is 0 Å². The summed E-state index contributed by atoms with van der Waals surface area (Å²) in [5.74, 6) is -1.47. The van der Waals surface area contributed by atoms with Gasteiger partial charge in [-0.15, -0.1) is 0 Å². The summed E-state index contributed by atoms with van der Waals surface area (Å²) >= 11 is 0. The van der Waals surface area contributed by atoms with Crippen LogP contribution in [0.5, 0.6) is 0 Å². The minimum Gasteiger partial charge on any atom is -0.459 e. The monoisotopic (exact) mass is 292 g/mol. The molecule has 0 radical (unpaired) electrons. The van der Waals surface area contributed by atoms with Crippen LogP contribution >= 0.6 is 0 Å². The standard InChI is InChI=1S/C17H24O4/c1-11(2)9-13-10-14(19)7-8-17(13,12(3)18)15(20)21-16(4,5)6/h7-9,13H,10H2,1-6H3/t13-,17-/m0/s1. The molecule has 2 atom stereocenters. The van der Waals surface area contributed by atoms with Crippen molar-refractivity contribution in [1.29, 1.82) is 0 Å². The summed E-state index contributed by atoms with van der Waals surface area (Å²) in [5.41, 5.74) is -1.14. The summed E-state index contributed by atoms with van der Waals surface area (Å²) in [6, 6.07) is 0.